The lowest BCUT2D eigenvalue weighted by atomic mass is 10.0. The van der Waals surface area contributed by atoms with Crippen molar-refractivity contribution in [3.63, 3.8) is 0 Å². The average Bonchev–Trinajstić information content (AvgIpc) is 2.60. The van der Waals surface area contributed by atoms with Crippen LogP contribution < -0.4 is 21.7 Å². The van der Waals surface area contributed by atoms with Crippen LogP contribution in [-0.2, 0) is 19.2 Å². The van der Waals surface area contributed by atoms with E-state index in [0.717, 1.165) is 0 Å². The van der Waals surface area contributed by atoms with E-state index in [1.807, 2.05) is 20.1 Å². The highest BCUT2D eigenvalue weighted by atomic mass is 32.2. The SMILES string of the molecule is CSCCC(N)C(=O)NC(CS)C(=O)NC(CC(C)C)C(=O)NCC(=O)O. The molecule has 0 aromatic carbocycles. The van der Waals surface area contributed by atoms with Crippen LogP contribution in [0.4, 0.5) is 0 Å². The van der Waals surface area contributed by atoms with Gasteiger partial charge in [0.15, 0.2) is 0 Å². The number of nitrogens with two attached hydrogens (primary N) is 1. The van der Waals surface area contributed by atoms with Gasteiger partial charge in [0, 0.05) is 5.75 Å². The molecule has 11 heteroatoms. The van der Waals surface area contributed by atoms with E-state index in [1.54, 1.807) is 11.8 Å². The van der Waals surface area contributed by atoms with Crippen molar-refractivity contribution < 1.29 is 24.3 Å². The van der Waals surface area contributed by atoms with Crippen LogP contribution in [0, 0.1) is 5.92 Å². The monoisotopic (exact) mass is 422 g/mol. The molecule has 0 aromatic rings. The molecule has 0 bridgehead atoms. The molecule has 0 aliphatic carbocycles. The number of amides is 3. The van der Waals surface area contributed by atoms with Gasteiger partial charge < -0.3 is 26.8 Å². The van der Waals surface area contributed by atoms with Gasteiger partial charge in [-0.3, -0.25) is 19.2 Å². The summed E-state index contributed by atoms with van der Waals surface area (Å²) < 4.78 is 0. The summed E-state index contributed by atoms with van der Waals surface area (Å²) in [6.07, 6.45) is 2.69. The third kappa shape index (κ3) is 11.1. The minimum Gasteiger partial charge on any atom is -0.480 e. The molecule has 9 nitrogen and oxygen atoms in total. The van der Waals surface area contributed by atoms with Crippen LogP contribution in [0.1, 0.15) is 26.7 Å². The number of hydrogen-bond acceptors (Lipinski definition) is 7. The Morgan fingerprint density at radius 2 is 1.67 bits per heavy atom. The Morgan fingerprint density at radius 1 is 1.07 bits per heavy atom. The Balaban J connectivity index is 4.91. The van der Waals surface area contributed by atoms with E-state index in [2.05, 4.69) is 28.6 Å². The van der Waals surface area contributed by atoms with Gasteiger partial charge in [0.25, 0.3) is 0 Å². The number of aliphatic carboxylic acids is 1. The predicted molar refractivity (Wildman–Crippen MR) is 109 cm³/mol. The lowest BCUT2D eigenvalue weighted by Crippen LogP contribution is -2.57. The second-order valence-corrected chi connectivity index (χ2v) is 7.78. The van der Waals surface area contributed by atoms with Crippen molar-refractivity contribution in [3.8, 4) is 0 Å². The number of carbonyl (C=O) groups excluding carboxylic acids is 3. The fourth-order valence-corrected chi connectivity index (χ4v) is 2.86. The maximum Gasteiger partial charge on any atom is 0.322 e. The number of carboxylic acids is 1. The number of nitrogens with one attached hydrogen (secondary N) is 3. The summed E-state index contributed by atoms with van der Waals surface area (Å²) in [5, 5.41) is 16.0. The quantitative estimate of drug-likeness (QED) is 0.213. The highest BCUT2D eigenvalue weighted by Gasteiger charge is 2.27. The van der Waals surface area contributed by atoms with Crippen molar-refractivity contribution in [2.75, 3.05) is 24.3 Å². The first-order valence-electron chi connectivity index (χ1n) is 8.57. The van der Waals surface area contributed by atoms with Crippen molar-refractivity contribution in [2.24, 2.45) is 11.7 Å². The first-order chi connectivity index (χ1) is 12.6. The Morgan fingerprint density at radius 3 is 2.15 bits per heavy atom. The molecule has 0 aromatic heterocycles. The van der Waals surface area contributed by atoms with E-state index in [0.29, 0.717) is 18.6 Å². The second-order valence-electron chi connectivity index (χ2n) is 6.43. The molecular weight excluding hydrogens is 392 g/mol. The number of thiol groups is 1. The van der Waals surface area contributed by atoms with E-state index < -0.39 is 48.4 Å². The minimum atomic E-state index is -1.18. The zero-order valence-electron chi connectivity index (χ0n) is 15.9. The summed E-state index contributed by atoms with van der Waals surface area (Å²) in [6, 6.07) is -2.61. The molecule has 0 fully saturated rings. The highest BCUT2D eigenvalue weighted by Crippen LogP contribution is 2.06. The Bertz CT molecular complexity index is 519. The molecular formula is C16H30N4O5S2. The van der Waals surface area contributed by atoms with Gasteiger partial charge in [-0.15, -0.1) is 0 Å². The fourth-order valence-electron chi connectivity index (χ4n) is 2.11. The molecule has 0 spiro atoms. The number of hydrogen-bond donors (Lipinski definition) is 6. The van der Waals surface area contributed by atoms with Crippen LogP contribution in [0.3, 0.4) is 0 Å². The highest BCUT2D eigenvalue weighted by molar-refractivity contribution is 7.98. The molecule has 3 unspecified atom stereocenters. The van der Waals surface area contributed by atoms with Crippen molar-refractivity contribution >= 4 is 48.1 Å². The zero-order chi connectivity index (χ0) is 21.0. The van der Waals surface area contributed by atoms with E-state index in [9.17, 15) is 19.2 Å². The number of carbonyl (C=O) groups is 4. The lowest BCUT2D eigenvalue weighted by Gasteiger charge is -2.24. The number of carboxylic acid groups (broad SMARTS) is 1. The summed E-state index contributed by atoms with van der Waals surface area (Å²) in [6.45, 7) is 3.19. The molecule has 27 heavy (non-hydrogen) atoms. The molecule has 3 atom stereocenters. The van der Waals surface area contributed by atoms with Gasteiger partial charge in [-0.25, -0.2) is 0 Å². The van der Waals surface area contributed by atoms with Gasteiger partial charge >= 0.3 is 5.97 Å². The van der Waals surface area contributed by atoms with E-state index >= 15 is 0 Å². The van der Waals surface area contributed by atoms with Gasteiger partial charge in [-0.1, -0.05) is 13.8 Å². The van der Waals surface area contributed by atoms with E-state index in [1.165, 1.54) is 0 Å². The largest absolute Gasteiger partial charge is 0.480 e. The summed E-state index contributed by atoms with van der Waals surface area (Å²) in [7, 11) is 0. The molecule has 0 heterocycles. The first kappa shape index (κ1) is 25.5. The van der Waals surface area contributed by atoms with Gasteiger partial charge in [-0.2, -0.15) is 24.4 Å². The maximum absolute atomic E-state index is 12.5. The van der Waals surface area contributed by atoms with Gasteiger partial charge in [-0.05, 0) is 30.8 Å². The minimum absolute atomic E-state index is 0.0258. The molecule has 3 amide bonds. The van der Waals surface area contributed by atoms with Crippen LogP contribution in [0.2, 0.25) is 0 Å². The normalized spacial score (nSPS) is 14.1. The van der Waals surface area contributed by atoms with Crippen LogP contribution in [0.15, 0.2) is 0 Å². The van der Waals surface area contributed by atoms with Gasteiger partial charge in [0.05, 0.1) is 6.04 Å². The van der Waals surface area contributed by atoms with Crippen molar-refractivity contribution in [1.82, 2.24) is 16.0 Å². The number of rotatable bonds is 13. The topological polar surface area (TPSA) is 151 Å². The molecule has 0 aliphatic heterocycles. The summed E-state index contributed by atoms with van der Waals surface area (Å²) >= 11 is 5.64. The molecule has 0 aliphatic rings. The second kappa shape index (κ2) is 13.7. The summed E-state index contributed by atoms with van der Waals surface area (Å²) in [4.78, 5) is 47.3. The van der Waals surface area contributed by atoms with E-state index in [-0.39, 0.29) is 11.7 Å². The smallest absolute Gasteiger partial charge is 0.322 e. The number of thioether (sulfide) groups is 1. The molecule has 0 rings (SSSR count). The molecule has 6 N–H and O–H groups in total. The first-order valence-corrected chi connectivity index (χ1v) is 10.6. The van der Waals surface area contributed by atoms with Crippen molar-refractivity contribution in [3.05, 3.63) is 0 Å². The van der Waals surface area contributed by atoms with Crippen molar-refractivity contribution in [2.45, 2.75) is 44.8 Å². The lowest BCUT2D eigenvalue weighted by molar-refractivity contribution is -0.138. The Labute approximate surface area is 169 Å². The molecule has 156 valence electrons. The van der Waals surface area contributed by atoms with Gasteiger partial charge in [0.2, 0.25) is 17.7 Å². The standard InChI is InChI=1S/C16H30N4O5S2/c1-9(2)6-11(15(24)18-7-13(21)22)19-16(25)12(8-26)20-14(23)10(17)4-5-27-3/h9-12,26H,4-8,17H2,1-3H3,(H,18,24)(H,19,25)(H,20,23)(H,21,22). The fraction of sp³-hybridized carbons (Fsp3) is 0.750. The van der Waals surface area contributed by atoms with E-state index in [4.69, 9.17) is 10.8 Å². The molecule has 0 saturated carbocycles. The third-order valence-corrected chi connectivity index (χ3v) is 4.55. The van der Waals surface area contributed by atoms with Crippen LogP contribution in [0.5, 0.6) is 0 Å². The van der Waals surface area contributed by atoms with Gasteiger partial charge in [0.1, 0.15) is 18.6 Å². The molecule has 0 radical (unpaired) electrons. The van der Waals surface area contributed by atoms with Crippen LogP contribution in [-0.4, -0.2) is 71.2 Å². The van der Waals surface area contributed by atoms with Crippen LogP contribution in [0.25, 0.3) is 0 Å². The van der Waals surface area contributed by atoms with Crippen LogP contribution >= 0.6 is 24.4 Å². The van der Waals surface area contributed by atoms with Crippen molar-refractivity contribution in [1.29, 1.82) is 0 Å². The summed E-state index contributed by atoms with van der Waals surface area (Å²) in [5.74, 6) is -2.00. The Kier molecular flexibility index (Phi) is 12.9. The summed E-state index contributed by atoms with van der Waals surface area (Å²) in [5.41, 5.74) is 5.79. The average molecular weight is 423 g/mol. The third-order valence-electron chi connectivity index (χ3n) is 3.54. The predicted octanol–water partition coefficient (Wildman–Crippen LogP) is -0.787. The molecule has 0 saturated heterocycles. The Hall–Kier alpha value is -1.46. The zero-order valence-corrected chi connectivity index (χ0v) is 17.6. The maximum atomic E-state index is 12.5.